The number of hydrogen-bond donors (Lipinski definition) is 0. The highest BCUT2D eigenvalue weighted by molar-refractivity contribution is 6.42. The van der Waals surface area contributed by atoms with E-state index in [1.165, 1.54) is 164 Å². The Balaban J connectivity index is 0.972. The van der Waals surface area contributed by atoms with Crippen LogP contribution in [0.3, 0.4) is 0 Å². The molecule has 0 fully saturated rings. The average Bonchev–Trinajstić information content (AvgIpc) is 1.53. The fourth-order valence-corrected chi connectivity index (χ4v) is 15.5. The molecule has 7 aromatic heterocycles. The van der Waals surface area contributed by atoms with Gasteiger partial charge in [-0.3, -0.25) is 4.40 Å². The second-order valence-corrected chi connectivity index (χ2v) is 26.3. The maximum absolute atomic E-state index is 5.87. The smallest absolute Gasteiger partial charge is 0.146 e. The molecule has 0 bridgehead atoms. The maximum atomic E-state index is 5.87. The predicted octanol–water partition coefficient (Wildman–Crippen LogP) is 21.8. The second kappa shape index (κ2) is 16.6. The number of para-hydroxylation sites is 4. The van der Waals surface area contributed by atoms with E-state index in [4.69, 9.17) is 4.98 Å². The minimum Gasteiger partial charge on any atom is -0.309 e. The van der Waals surface area contributed by atoms with Crippen LogP contribution in [0.15, 0.2) is 237 Å². The number of pyridine rings is 1. The number of hydrogen-bond acceptors (Lipinski definition) is 1. The molecular weight excluding hydrogens is 1040 g/mol. The summed E-state index contributed by atoms with van der Waals surface area (Å²) in [7, 11) is 0. The van der Waals surface area contributed by atoms with Gasteiger partial charge in [-0.25, -0.2) is 4.98 Å². The highest BCUT2D eigenvalue weighted by Gasteiger charge is 2.32. The van der Waals surface area contributed by atoms with E-state index in [1.807, 2.05) is 0 Å². The Bertz CT molecular complexity index is 5750. The Kier molecular flexibility index (Phi) is 9.28. The number of nitrogens with zero attached hydrogens (tertiary/aromatic N) is 5. The molecule has 12 aromatic carbocycles. The van der Waals surface area contributed by atoms with Crippen LogP contribution in [0.4, 0.5) is 0 Å². The van der Waals surface area contributed by atoms with Crippen molar-refractivity contribution in [2.45, 2.75) is 52.4 Å². The monoisotopic (exact) mass is 1100 g/mol. The van der Waals surface area contributed by atoms with Gasteiger partial charge in [0.2, 0.25) is 0 Å². The lowest BCUT2D eigenvalue weighted by atomic mass is 9.83. The summed E-state index contributed by atoms with van der Waals surface area (Å²) in [4.78, 5) is 5.87. The van der Waals surface area contributed by atoms with Gasteiger partial charge >= 0.3 is 0 Å². The molecule has 0 saturated heterocycles. The van der Waals surface area contributed by atoms with Gasteiger partial charge in [0.15, 0.2) is 0 Å². The summed E-state index contributed by atoms with van der Waals surface area (Å²) in [6.45, 7) is 14.1. The summed E-state index contributed by atoms with van der Waals surface area (Å²) in [5.74, 6) is 0. The van der Waals surface area contributed by atoms with Crippen molar-refractivity contribution in [3.63, 3.8) is 0 Å². The Morgan fingerprint density at radius 3 is 1.20 bits per heavy atom. The van der Waals surface area contributed by atoms with Gasteiger partial charge in [-0.15, -0.1) is 0 Å². The van der Waals surface area contributed by atoms with Crippen LogP contribution in [-0.2, 0) is 10.8 Å². The lowest BCUT2D eigenvalue weighted by Gasteiger charge is -2.21. The second-order valence-electron chi connectivity index (χ2n) is 26.3. The zero-order chi connectivity index (χ0) is 57.2. The first-order chi connectivity index (χ1) is 42.0. The number of rotatable bonds is 4. The first-order valence-corrected chi connectivity index (χ1v) is 30.3. The van der Waals surface area contributed by atoms with E-state index in [0.29, 0.717) is 0 Å². The van der Waals surface area contributed by atoms with Gasteiger partial charge in [0.05, 0.1) is 55.8 Å². The molecule has 0 aliphatic rings. The molecule has 0 unspecified atom stereocenters. The van der Waals surface area contributed by atoms with E-state index in [0.717, 1.165) is 22.5 Å². The quantitative estimate of drug-likeness (QED) is 0.173. The van der Waals surface area contributed by atoms with Gasteiger partial charge in [-0.2, -0.15) is 0 Å². The van der Waals surface area contributed by atoms with Crippen LogP contribution in [-0.4, -0.2) is 22.9 Å². The van der Waals surface area contributed by atoms with E-state index in [-0.39, 0.29) is 10.8 Å². The number of benzene rings is 12. The standard InChI is InChI=1S/C81H57N5/c1-80(2,3)50-41-58(48-33-35-68-60(37-48)56-29-17-19-31-66(56)83(68)52-23-9-7-10-24-52)75-64(43-50)62-39-46-21-13-15-27-54(46)71-73-70(85(75)77(62)71)45-82-79-74(73)72-55-28-16-14-22-47(55)40-63-65-44-51(81(4,5)6)42-59(76(65)86(79)78(63)72)49-34-36-69-61(38-49)57-30-18-20-32-67(57)84(69)53-25-11-8-12-26-53/h7-45H,1-6H3. The van der Waals surface area contributed by atoms with E-state index in [2.05, 4.69) is 296 Å². The third-order valence-electron chi connectivity index (χ3n) is 19.5. The van der Waals surface area contributed by atoms with Crippen molar-refractivity contribution in [3.05, 3.63) is 248 Å². The molecule has 406 valence electrons. The fraction of sp³-hybridized carbons (Fsp3) is 0.0988. The zero-order valence-corrected chi connectivity index (χ0v) is 48.8. The largest absolute Gasteiger partial charge is 0.309 e. The van der Waals surface area contributed by atoms with Crippen LogP contribution in [0.25, 0.3) is 175 Å². The number of fused-ring (bicyclic) bond motifs is 23. The lowest BCUT2D eigenvalue weighted by Crippen LogP contribution is -2.11. The van der Waals surface area contributed by atoms with E-state index >= 15 is 0 Å². The molecule has 0 aliphatic carbocycles. The first-order valence-electron chi connectivity index (χ1n) is 30.3. The van der Waals surface area contributed by atoms with Crippen molar-refractivity contribution >= 4 is 141 Å². The Morgan fingerprint density at radius 1 is 0.291 bits per heavy atom. The van der Waals surface area contributed by atoms with Gasteiger partial charge in [0.1, 0.15) is 5.65 Å². The Hall–Kier alpha value is -10.5. The molecule has 0 amide bonds. The summed E-state index contributed by atoms with van der Waals surface area (Å²) in [6, 6.07) is 86.8. The molecule has 0 radical (unpaired) electrons. The van der Waals surface area contributed by atoms with Crippen molar-refractivity contribution in [1.29, 1.82) is 0 Å². The Labute approximate surface area is 495 Å². The van der Waals surface area contributed by atoms with Crippen molar-refractivity contribution < 1.29 is 0 Å². The molecule has 5 nitrogen and oxygen atoms in total. The molecule has 0 saturated carbocycles. The minimum absolute atomic E-state index is 0.121. The minimum atomic E-state index is -0.124. The SMILES string of the molecule is CC(C)(C)c1cc(-c2ccc3c(c2)c2ccccc2n3-c2ccccc2)c2c(c1)c1cc3ccccc3c3c4c5c6c7ccccc7cc7c8cc(C(C)(C)C)cc(-c9ccc%10c(c9)c9ccccc9n%10-c9ccccc9)c8n(c5ncc4n2c13)c76. The molecule has 19 rings (SSSR count). The summed E-state index contributed by atoms with van der Waals surface area (Å²) in [6.07, 6.45) is 2.22. The van der Waals surface area contributed by atoms with E-state index in [9.17, 15) is 0 Å². The number of aromatic nitrogens is 5. The average molecular weight is 1100 g/mol. The van der Waals surface area contributed by atoms with Crippen molar-refractivity contribution in [3.8, 4) is 33.6 Å². The summed E-state index contributed by atoms with van der Waals surface area (Å²) in [5, 5.41) is 19.9. The fourth-order valence-electron chi connectivity index (χ4n) is 15.5. The molecule has 0 atom stereocenters. The van der Waals surface area contributed by atoms with Crippen LogP contribution < -0.4 is 0 Å². The van der Waals surface area contributed by atoms with Gasteiger partial charge in [-0.1, -0.05) is 175 Å². The van der Waals surface area contributed by atoms with Crippen molar-refractivity contribution in [2.24, 2.45) is 0 Å². The summed E-state index contributed by atoms with van der Waals surface area (Å²) < 4.78 is 10.0. The van der Waals surface area contributed by atoms with E-state index in [1.54, 1.807) is 0 Å². The molecule has 0 N–H and O–H groups in total. The third kappa shape index (κ3) is 6.26. The predicted molar refractivity (Wildman–Crippen MR) is 366 cm³/mol. The Morgan fingerprint density at radius 2 is 0.698 bits per heavy atom. The van der Waals surface area contributed by atoms with Crippen LogP contribution in [0.1, 0.15) is 52.7 Å². The highest BCUT2D eigenvalue weighted by atomic mass is 15.0. The molecule has 0 aliphatic heterocycles. The van der Waals surface area contributed by atoms with Gasteiger partial charge < -0.3 is 13.5 Å². The zero-order valence-electron chi connectivity index (χ0n) is 48.8. The van der Waals surface area contributed by atoms with Gasteiger partial charge in [-0.05, 0) is 152 Å². The molecule has 19 aromatic rings. The lowest BCUT2D eigenvalue weighted by molar-refractivity contribution is 0.591. The molecule has 0 spiro atoms. The topological polar surface area (TPSA) is 31.6 Å². The summed E-state index contributed by atoms with van der Waals surface area (Å²) in [5.41, 5.74) is 21.2. The van der Waals surface area contributed by atoms with E-state index < -0.39 is 0 Å². The normalized spacial score (nSPS) is 13.0. The molecule has 5 heteroatoms. The molecular formula is C81H57N5. The van der Waals surface area contributed by atoms with Crippen LogP contribution in [0.2, 0.25) is 0 Å². The highest BCUT2D eigenvalue weighted by Crippen LogP contribution is 2.53. The van der Waals surface area contributed by atoms with Crippen LogP contribution in [0, 0.1) is 0 Å². The maximum Gasteiger partial charge on any atom is 0.146 e. The molecule has 7 heterocycles. The summed E-state index contributed by atoms with van der Waals surface area (Å²) >= 11 is 0. The van der Waals surface area contributed by atoms with Gasteiger partial charge in [0.25, 0.3) is 0 Å². The third-order valence-corrected chi connectivity index (χ3v) is 19.5. The van der Waals surface area contributed by atoms with Gasteiger partial charge in [0, 0.05) is 87.1 Å². The van der Waals surface area contributed by atoms with Crippen LogP contribution in [0.5, 0.6) is 0 Å². The van der Waals surface area contributed by atoms with Crippen molar-refractivity contribution in [1.82, 2.24) is 22.9 Å². The first kappa shape index (κ1) is 47.9. The van der Waals surface area contributed by atoms with Crippen molar-refractivity contribution in [2.75, 3.05) is 0 Å². The van der Waals surface area contributed by atoms with Crippen LogP contribution >= 0.6 is 0 Å². The molecule has 86 heavy (non-hydrogen) atoms.